The number of nitrogens with one attached hydrogen (secondary N) is 1. The summed E-state index contributed by atoms with van der Waals surface area (Å²) in [5.74, 6) is -0.626. The summed E-state index contributed by atoms with van der Waals surface area (Å²) in [6, 6.07) is 27.1. The summed E-state index contributed by atoms with van der Waals surface area (Å²) in [6.07, 6.45) is 3.08. The highest BCUT2D eigenvalue weighted by molar-refractivity contribution is 6.39. The molecule has 0 bridgehead atoms. The van der Waals surface area contributed by atoms with Gasteiger partial charge < -0.3 is 14.4 Å². The van der Waals surface area contributed by atoms with Gasteiger partial charge in [0, 0.05) is 30.6 Å². The highest BCUT2D eigenvalue weighted by Gasteiger charge is 2.40. The predicted octanol–water partition coefficient (Wildman–Crippen LogP) is 7.68. The number of halogens is 1. The summed E-state index contributed by atoms with van der Waals surface area (Å²) < 4.78 is 11.3. The third-order valence-corrected chi connectivity index (χ3v) is 9.56. The van der Waals surface area contributed by atoms with Crippen molar-refractivity contribution in [3.05, 3.63) is 123 Å². The largest absolute Gasteiger partial charge is 0.493 e. The Morgan fingerprint density at radius 2 is 1.44 bits per heavy atom. The lowest BCUT2D eigenvalue weighted by Gasteiger charge is -2.44. The zero-order chi connectivity index (χ0) is 33.5. The van der Waals surface area contributed by atoms with Crippen molar-refractivity contribution in [3.63, 3.8) is 0 Å². The summed E-state index contributed by atoms with van der Waals surface area (Å²) in [4.78, 5) is 44.5. The van der Waals surface area contributed by atoms with Crippen molar-refractivity contribution in [1.82, 2.24) is 5.32 Å². The molecule has 244 valence electrons. The van der Waals surface area contributed by atoms with Gasteiger partial charge in [-0.25, -0.2) is 9.69 Å². The Labute approximate surface area is 284 Å². The average molecular weight is 662 g/mol. The van der Waals surface area contributed by atoms with Crippen molar-refractivity contribution in [3.8, 4) is 11.5 Å². The van der Waals surface area contributed by atoms with Gasteiger partial charge in [-0.1, -0.05) is 72.3 Å². The highest BCUT2D eigenvalue weighted by Crippen LogP contribution is 2.50. The zero-order valence-corrected chi connectivity index (χ0v) is 27.8. The smallest absolute Gasteiger partial charge is 0.335 e. The monoisotopic (exact) mass is 661 g/mol. The van der Waals surface area contributed by atoms with Gasteiger partial charge in [-0.2, -0.15) is 0 Å². The summed E-state index contributed by atoms with van der Waals surface area (Å²) in [5, 5.41) is 2.66. The van der Waals surface area contributed by atoms with E-state index < -0.39 is 17.8 Å². The lowest BCUT2D eigenvalue weighted by molar-refractivity contribution is -0.122. The molecule has 48 heavy (non-hydrogen) atoms. The Morgan fingerprint density at radius 3 is 1.98 bits per heavy atom. The molecule has 1 N–H and O–H groups in total. The van der Waals surface area contributed by atoms with Gasteiger partial charge >= 0.3 is 6.03 Å². The number of hydrogen-bond acceptors (Lipinski definition) is 6. The number of carbonyl (C=O) groups is 3. The molecule has 0 spiro atoms. The zero-order valence-electron chi connectivity index (χ0n) is 27.0. The summed E-state index contributed by atoms with van der Waals surface area (Å²) >= 11 is 6.55. The quantitative estimate of drug-likeness (QED) is 0.162. The van der Waals surface area contributed by atoms with Gasteiger partial charge in [-0.05, 0) is 84.8 Å². The summed E-state index contributed by atoms with van der Waals surface area (Å²) in [5.41, 5.74) is 6.34. The van der Waals surface area contributed by atoms with Crippen LogP contribution in [0.15, 0.2) is 90.5 Å². The number of carbonyl (C=O) groups excluding carboxylic acids is 3. The number of hydrogen-bond donors (Lipinski definition) is 1. The van der Waals surface area contributed by atoms with Gasteiger partial charge in [0.15, 0.2) is 11.5 Å². The van der Waals surface area contributed by atoms with Crippen molar-refractivity contribution in [2.75, 3.05) is 30.0 Å². The van der Waals surface area contributed by atoms with Crippen molar-refractivity contribution < 1.29 is 23.9 Å². The van der Waals surface area contributed by atoms with Crippen molar-refractivity contribution in [1.29, 1.82) is 0 Å². The lowest BCUT2D eigenvalue weighted by Crippen LogP contribution is -2.54. The van der Waals surface area contributed by atoms with E-state index in [9.17, 15) is 14.4 Å². The second kappa shape index (κ2) is 12.8. The molecule has 7 rings (SSSR count). The molecule has 2 atom stereocenters. The minimum Gasteiger partial charge on any atom is -0.493 e. The number of urea groups is 1. The van der Waals surface area contributed by atoms with Gasteiger partial charge in [-0.15, -0.1) is 0 Å². The van der Waals surface area contributed by atoms with Gasteiger partial charge in [-0.3, -0.25) is 14.9 Å². The van der Waals surface area contributed by atoms with Crippen molar-refractivity contribution in [2.45, 2.75) is 44.6 Å². The van der Waals surface area contributed by atoms with Crippen LogP contribution in [-0.4, -0.2) is 44.1 Å². The number of anilines is 2. The van der Waals surface area contributed by atoms with Crippen LogP contribution in [0.4, 0.5) is 16.2 Å². The Hall–Kier alpha value is -5.08. The number of imide groups is 2. The first-order valence-corrected chi connectivity index (χ1v) is 16.6. The fourth-order valence-corrected chi connectivity index (χ4v) is 7.46. The van der Waals surface area contributed by atoms with Crippen molar-refractivity contribution >= 4 is 46.9 Å². The van der Waals surface area contributed by atoms with Crippen LogP contribution in [0, 0.1) is 0 Å². The number of amides is 4. The molecule has 0 aromatic heterocycles. The maximum absolute atomic E-state index is 14.2. The fourth-order valence-electron chi connectivity index (χ4n) is 7.20. The van der Waals surface area contributed by atoms with E-state index in [1.807, 2.05) is 62.4 Å². The Balaban J connectivity index is 1.35. The van der Waals surface area contributed by atoms with Gasteiger partial charge in [0.2, 0.25) is 0 Å². The van der Waals surface area contributed by atoms with Gasteiger partial charge in [0.25, 0.3) is 11.8 Å². The molecule has 1 saturated heterocycles. The van der Waals surface area contributed by atoms with E-state index in [0.29, 0.717) is 22.7 Å². The molecular weight excluding hydrogens is 626 g/mol. The van der Waals surface area contributed by atoms with Crippen LogP contribution < -0.4 is 24.6 Å². The van der Waals surface area contributed by atoms with E-state index in [4.69, 9.17) is 21.1 Å². The third-order valence-electron chi connectivity index (χ3n) is 9.28. The van der Waals surface area contributed by atoms with Crippen LogP contribution in [0.5, 0.6) is 11.5 Å². The molecule has 0 aliphatic carbocycles. The molecule has 0 saturated carbocycles. The first kappa shape index (κ1) is 31.5. The minimum absolute atomic E-state index is 0.0754. The molecule has 3 aliphatic heterocycles. The van der Waals surface area contributed by atoms with Crippen LogP contribution in [0.25, 0.3) is 6.08 Å². The molecule has 0 radical (unpaired) electrons. The Morgan fingerprint density at radius 1 is 0.854 bits per heavy atom. The van der Waals surface area contributed by atoms with Crippen molar-refractivity contribution in [2.24, 2.45) is 0 Å². The minimum atomic E-state index is -0.790. The topological polar surface area (TPSA) is 88.2 Å². The van der Waals surface area contributed by atoms with Crippen LogP contribution in [-0.2, 0) is 9.59 Å². The third kappa shape index (κ3) is 5.70. The molecule has 3 heterocycles. The van der Waals surface area contributed by atoms with E-state index in [1.54, 1.807) is 12.1 Å². The number of benzene rings is 4. The molecule has 1 fully saturated rings. The van der Waals surface area contributed by atoms with Crippen LogP contribution in [0.3, 0.4) is 0 Å². The van der Waals surface area contributed by atoms with Gasteiger partial charge in [0.05, 0.1) is 23.9 Å². The normalized spacial score (nSPS) is 19.8. The number of rotatable bonds is 7. The molecular formula is C39H36ClN3O5. The van der Waals surface area contributed by atoms with E-state index in [-0.39, 0.29) is 28.5 Å². The first-order valence-electron chi connectivity index (χ1n) is 16.2. The second-order valence-electron chi connectivity index (χ2n) is 12.6. The number of methoxy groups -OCH3 is 1. The molecule has 4 amide bonds. The van der Waals surface area contributed by atoms with E-state index >= 15 is 0 Å². The van der Waals surface area contributed by atoms with Crippen LogP contribution in [0.1, 0.15) is 66.3 Å². The van der Waals surface area contributed by atoms with Gasteiger partial charge in [0.1, 0.15) is 5.57 Å². The van der Waals surface area contributed by atoms with Crippen LogP contribution in [0.2, 0.25) is 5.02 Å². The molecule has 8 nitrogen and oxygen atoms in total. The molecule has 4 aromatic rings. The standard InChI is InChI=1S/C39H36ClN3O5/c1-23(2)48-36-33(40)19-24(20-34(36)47-3)18-32-37(44)41-39(46)43(38(32)45)27-21-30-28(25-10-6-4-7-11-25)14-16-42-17-15-29(31(22-27)35(30)42)26-12-8-5-9-13-26/h4-13,18-23,28-29H,14-17H2,1-3H3,(H,41,44,46)/b32-18+/t28-,29+. The molecule has 4 aromatic carbocycles. The molecule has 0 unspecified atom stereocenters. The summed E-state index contributed by atoms with van der Waals surface area (Å²) in [7, 11) is 1.49. The first-order chi connectivity index (χ1) is 23.2. The predicted molar refractivity (Wildman–Crippen MR) is 187 cm³/mol. The molecule has 9 heteroatoms. The second-order valence-corrected chi connectivity index (χ2v) is 13.0. The summed E-state index contributed by atoms with van der Waals surface area (Å²) in [6.45, 7) is 5.58. The maximum Gasteiger partial charge on any atom is 0.335 e. The SMILES string of the molecule is COc1cc(/C=C2\C(=O)NC(=O)N(c3cc4c5c(c3)[C@H](c3ccccc3)CCN5CC[C@@H]4c3ccccc3)C2=O)cc(Cl)c1OC(C)C. The number of ether oxygens (including phenoxy) is 2. The fraction of sp³-hybridized carbons (Fsp3) is 0.256. The number of barbiturate groups is 1. The van der Waals surface area contributed by atoms with E-state index in [0.717, 1.165) is 42.0 Å². The van der Waals surface area contributed by atoms with E-state index in [1.165, 1.54) is 30.0 Å². The maximum atomic E-state index is 14.2. The van der Waals surface area contributed by atoms with E-state index in [2.05, 4.69) is 34.5 Å². The highest BCUT2D eigenvalue weighted by atomic mass is 35.5. The Kier molecular flexibility index (Phi) is 8.43. The van der Waals surface area contributed by atoms with Crippen LogP contribution >= 0.6 is 11.6 Å². The number of nitrogens with zero attached hydrogens (tertiary/aromatic N) is 2. The lowest BCUT2D eigenvalue weighted by atomic mass is 9.76. The molecule has 3 aliphatic rings. The Bertz CT molecular complexity index is 1870. The average Bonchev–Trinajstić information content (AvgIpc) is 3.08.